The van der Waals surface area contributed by atoms with Crippen molar-refractivity contribution < 1.29 is 0 Å². The Morgan fingerprint density at radius 3 is 1.89 bits per heavy atom. The maximum Gasteiger partial charge on any atom is 0.184 e. The van der Waals surface area contributed by atoms with Gasteiger partial charge in [-0.15, -0.1) is 0 Å². The topological polar surface area (TPSA) is 82.7 Å². The maximum absolute atomic E-state index is 5.43. The number of nitrogens with zero attached hydrogens (tertiary/aromatic N) is 4. The Kier molecular flexibility index (Phi) is 8.72. The van der Waals surface area contributed by atoms with Crippen molar-refractivity contribution in [2.75, 3.05) is 0 Å². The van der Waals surface area contributed by atoms with Crippen LogP contribution in [0.3, 0.4) is 0 Å². The van der Waals surface area contributed by atoms with Crippen molar-refractivity contribution in [2.24, 2.45) is 9.98 Å². The predicted octanol–water partition coefficient (Wildman–Crippen LogP) is 12.1. The first-order valence-corrected chi connectivity index (χ1v) is 22.2. The fourth-order valence-electron chi connectivity index (χ4n) is 9.99. The van der Waals surface area contributed by atoms with Gasteiger partial charge in [0.15, 0.2) is 6.29 Å². The van der Waals surface area contributed by atoms with Crippen molar-refractivity contribution >= 4 is 66.1 Å². The summed E-state index contributed by atoms with van der Waals surface area (Å²) in [6.45, 7) is 0. The van der Waals surface area contributed by atoms with Gasteiger partial charge in [-0.2, -0.15) is 0 Å². The molecule has 4 heterocycles. The third-order valence-corrected chi connectivity index (χ3v) is 13.0. The van der Waals surface area contributed by atoms with E-state index in [4.69, 9.17) is 9.98 Å². The molecule has 0 saturated carbocycles. The highest BCUT2D eigenvalue weighted by Gasteiger charge is 2.29. The molecule has 0 aliphatic carbocycles. The SMILES string of the molecule is c1ccc(C2=NC(c3cccc(-c4ccc5c6c7c8ccccc8n(C8N=C(c9ccccc9)NC(c9ccccc9)N8)c7ccc6n(-c6ccc7ccccc7c6)c5c4)c3)NN2)cc1. The number of para-hydroxylation sites is 1. The van der Waals surface area contributed by atoms with Gasteiger partial charge < -0.3 is 19.9 Å². The Labute approximate surface area is 375 Å². The smallest absolute Gasteiger partial charge is 0.184 e. The minimum Gasteiger partial charge on any atom is -0.350 e. The molecule has 0 bridgehead atoms. The van der Waals surface area contributed by atoms with Gasteiger partial charge in [0.25, 0.3) is 0 Å². The summed E-state index contributed by atoms with van der Waals surface area (Å²) in [6, 6.07) is 75.7. The molecule has 2 aromatic heterocycles. The molecule has 2 aliphatic heterocycles. The minimum atomic E-state index is -0.401. The zero-order chi connectivity index (χ0) is 42.8. The Morgan fingerprint density at radius 1 is 0.415 bits per heavy atom. The van der Waals surface area contributed by atoms with Gasteiger partial charge in [-0.05, 0) is 75.5 Å². The highest BCUT2D eigenvalue weighted by molar-refractivity contribution is 6.29. The molecule has 0 amide bonds. The number of hydrazine groups is 1. The van der Waals surface area contributed by atoms with Crippen LogP contribution in [0.15, 0.2) is 222 Å². The monoisotopic (exact) mass is 838 g/mol. The van der Waals surface area contributed by atoms with Gasteiger partial charge in [0.05, 0.1) is 22.1 Å². The summed E-state index contributed by atoms with van der Waals surface area (Å²) in [6.07, 6.45) is -0.782. The zero-order valence-electron chi connectivity index (χ0n) is 35.2. The summed E-state index contributed by atoms with van der Waals surface area (Å²) in [5.41, 5.74) is 18.9. The normalized spacial score (nSPS) is 17.4. The number of hydrogen-bond donors (Lipinski definition) is 4. The molecule has 0 fully saturated rings. The quantitative estimate of drug-likeness (QED) is 0.129. The fourth-order valence-corrected chi connectivity index (χ4v) is 9.99. The molecule has 0 saturated heterocycles. The summed E-state index contributed by atoms with van der Waals surface area (Å²) >= 11 is 0. The van der Waals surface area contributed by atoms with Crippen LogP contribution in [-0.2, 0) is 0 Å². The molecule has 0 spiro atoms. The van der Waals surface area contributed by atoms with Gasteiger partial charge >= 0.3 is 0 Å². The van der Waals surface area contributed by atoms with Crippen molar-refractivity contribution in [1.29, 1.82) is 0 Å². The van der Waals surface area contributed by atoms with Crippen LogP contribution in [-0.4, -0.2) is 20.8 Å². The third kappa shape index (κ3) is 6.30. The Balaban J connectivity index is 1.02. The van der Waals surface area contributed by atoms with Crippen LogP contribution < -0.4 is 21.5 Å². The van der Waals surface area contributed by atoms with Crippen molar-refractivity contribution in [2.45, 2.75) is 18.6 Å². The number of benzene rings is 9. The number of rotatable bonds is 7. The maximum atomic E-state index is 5.43. The molecular formula is C57H42N8. The first-order valence-electron chi connectivity index (χ1n) is 22.2. The number of fused-ring (bicyclic) bond motifs is 8. The third-order valence-electron chi connectivity index (χ3n) is 13.0. The number of nitrogens with one attached hydrogen (secondary N) is 4. The van der Waals surface area contributed by atoms with Crippen LogP contribution in [0.2, 0.25) is 0 Å². The average Bonchev–Trinajstić information content (AvgIpc) is 4.10. The highest BCUT2D eigenvalue weighted by Crippen LogP contribution is 2.44. The largest absolute Gasteiger partial charge is 0.350 e. The molecule has 11 aromatic rings. The number of amidine groups is 2. The predicted molar refractivity (Wildman–Crippen MR) is 266 cm³/mol. The molecule has 0 radical (unpaired) electrons. The molecule has 4 N–H and O–H groups in total. The van der Waals surface area contributed by atoms with E-state index in [0.29, 0.717) is 0 Å². The van der Waals surface area contributed by atoms with Gasteiger partial charge in [0.1, 0.15) is 24.0 Å². The lowest BCUT2D eigenvalue weighted by molar-refractivity contribution is 0.341. The number of hydrogen-bond acceptors (Lipinski definition) is 6. The summed E-state index contributed by atoms with van der Waals surface area (Å²) in [4.78, 5) is 10.5. The molecule has 8 nitrogen and oxygen atoms in total. The van der Waals surface area contributed by atoms with E-state index in [1.165, 1.54) is 32.3 Å². The van der Waals surface area contributed by atoms with E-state index in [9.17, 15) is 0 Å². The Bertz CT molecular complexity index is 3680. The van der Waals surface area contributed by atoms with Crippen molar-refractivity contribution in [3.63, 3.8) is 0 Å². The lowest BCUT2D eigenvalue weighted by atomic mass is 9.99. The van der Waals surface area contributed by atoms with E-state index < -0.39 is 6.29 Å². The van der Waals surface area contributed by atoms with E-state index in [0.717, 1.165) is 72.8 Å². The first kappa shape index (κ1) is 37.3. The standard InChI is InChI=1S/C57H42N8/c1-4-16-37(17-5-1)53-58-54(38-18-6-2-7-19-38)61-57(60-53)65-47-26-13-12-25-45(47)51-49(65)32-31-48-52(51)46-30-28-42(35-50(46)64(48)44-29-27-36-15-10-11-22-41(36)34-44)40-23-14-24-43(33-40)56-59-55(62-63-56)39-20-8-3-9-21-39/h1-35,53,56-57,60,63H,(H,58,61)(H,59,62). The molecule has 2 aliphatic rings. The van der Waals surface area contributed by atoms with E-state index >= 15 is 0 Å². The van der Waals surface area contributed by atoms with E-state index in [1.54, 1.807) is 0 Å². The zero-order valence-corrected chi connectivity index (χ0v) is 35.2. The van der Waals surface area contributed by atoms with Gasteiger partial charge in [-0.25, -0.2) is 15.4 Å². The second-order valence-corrected chi connectivity index (χ2v) is 16.9. The molecule has 310 valence electrons. The summed E-state index contributed by atoms with van der Waals surface area (Å²) in [5.74, 6) is 1.69. The van der Waals surface area contributed by atoms with Crippen LogP contribution in [0.4, 0.5) is 0 Å². The van der Waals surface area contributed by atoms with Crippen LogP contribution in [0.1, 0.15) is 40.9 Å². The van der Waals surface area contributed by atoms with Crippen LogP contribution in [0.5, 0.6) is 0 Å². The summed E-state index contributed by atoms with van der Waals surface area (Å²) < 4.78 is 4.84. The van der Waals surface area contributed by atoms with E-state index in [2.05, 4.69) is 219 Å². The highest BCUT2D eigenvalue weighted by atomic mass is 15.5. The average molecular weight is 839 g/mol. The molecule has 13 rings (SSSR count). The van der Waals surface area contributed by atoms with E-state index in [-0.39, 0.29) is 12.3 Å². The number of aromatic nitrogens is 2. The molecular weight excluding hydrogens is 797 g/mol. The second-order valence-electron chi connectivity index (χ2n) is 16.9. The molecule has 8 heteroatoms. The fraction of sp³-hybridized carbons (Fsp3) is 0.0526. The van der Waals surface area contributed by atoms with Crippen LogP contribution in [0.25, 0.3) is 71.2 Å². The van der Waals surface area contributed by atoms with Crippen molar-refractivity contribution in [3.05, 3.63) is 235 Å². The molecule has 9 aromatic carbocycles. The lowest BCUT2D eigenvalue weighted by Gasteiger charge is -2.33. The molecule has 65 heavy (non-hydrogen) atoms. The second kappa shape index (κ2) is 15.2. The van der Waals surface area contributed by atoms with Gasteiger partial charge in [-0.1, -0.05) is 170 Å². The summed E-state index contributed by atoms with van der Waals surface area (Å²) in [7, 11) is 0. The molecule has 3 atom stereocenters. The van der Waals surface area contributed by atoms with Gasteiger partial charge in [0, 0.05) is 38.4 Å². The van der Waals surface area contributed by atoms with Crippen molar-refractivity contribution in [3.8, 4) is 16.8 Å². The van der Waals surface area contributed by atoms with E-state index in [1.807, 2.05) is 24.3 Å². The lowest BCUT2D eigenvalue weighted by Crippen LogP contribution is -2.46. The van der Waals surface area contributed by atoms with Crippen LogP contribution in [0, 0.1) is 0 Å². The van der Waals surface area contributed by atoms with Crippen LogP contribution >= 0.6 is 0 Å². The van der Waals surface area contributed by atoms with Gasteiger partial charge in [0.2, 0.25) is 0 Å². The first-order chi connectivity index (χ1) is 32.2. The number of aliphatic imine (C=N–C) groups is 2. The Hall–Kier alpha value is -8.30. The Morgan fingerprint density at radius 2 is 1.06 bits per heavy atom. The van der Waals surface area contributed by atoms with Crippen molar-refractivity contribution in [1.82, 2.24) is 30.6 Å². The molecule has 3 unspecified atom stereocenters. The summed E-state index contributed by atoms with van der Waals surface area (Å²) in [5, 5.41) is 14.8. The van der Waals surface area contributed by atoms with Gasteiger partial charge in [-0.3, -0.25) is 5.32 Å². The minimum absolute atomic E-state index is 0.168.